The van der Waals surface area contributed by atoms with Gasteiger partial charge < -0.3 is 15.1 Å². The molecular weight excluding hydrogens is 304 g/mol. The van der Waals surface area contributed by atoms with Gasteiger partial charge in [-0.15, -0.1) is 0 Å². The highest BCUT2D eigenvalue weighted by atomic mass is 16.2. The number of rotatable bonds is 2. The van der Waals surface area contributed by atoms with Crippen LogP contribution in [-0.4, -0.2) is 66.9 Å². The smallest absolute Gasteiger partial charge is 0.271 e. The van der Waals surface area contributed by atoms with E-state index in [-0.39, 0.29) is 11.8 Å². The van der Waals surface area contributed by atoms with Crippen LogP contribution in [0.3, 0.4) is 0 Å². The van der Waals surface area contributed by atoms with E-state index in [2.05, 4.69) is 10.3 Å². The number of carbonyl (C=O) groups is 2. The van der Waals surface area contributed by atoms with Crippen molar-refractivity contribution in [2.24, 2.45) is 5.41 Å². The Hall–Kier alpha value is -1.95. The Labute approximate surface area is 143 Å². The maximum absolute atomic E-state index is 12.8. The van der Waals surface area contributed by atoms with E-state index in [9.17, 15) is 9.59 Å². The Morgan fingerprint density at radius 2 is 1.92 bits per heavy atom. The third-order valence-corrected chi connectivity index (χ3v) is 5.38. The van der Waals surface area contributed by atoms with Crippen LogP contribution in [0.25, 0.3) is 0 Å². The molecule has 2 saturated heterocycles. The molecule has 0 atom stereocenters. The van der Waals surface area contributed by atoms with Crippen molar-refractivity contribution in [2.75, 3.05) is 40.3 Å². The molecule has 3 heterocycles. The van der Waals surface area contributed by atoms with E-state index in [1.165, 1.54) is 11.3 Å². The lowest BCUT2D eigenvalue weighted by Crippen LogP contribution is -2.44. The summed E-state index contributed by atoms with van der Waals surface area (Å²) in [6.07, 6.45) is 3.35. The van der Waals surface area contributed by atoms with Gasteiger partial charge in [0, 0.05) is 33.7 Å². The van der Waals surface area contributed by atoms with E-state index in [1.807, 2.05) is 4.90 Å². The van der Waals surface area contributed by atoms with Crippen LogP contribution >= 0.6 is 0 Å². The van der Waals surface area contributed by atoms with Crippen molar-refractivity contribution in [2.45, 2.75) is 26.2 Å². The van der Waals surface area contributed by atoms with Gasteiger partial charge >= 0.3 is 0 Å². The molecule has 1 aromatic rings. The number of nitrogens with zero attached hydrogens (tertiary/aromatic N) is 3. The Morgan fingerprint density at radius 3 is 2.46 bits per heavy atom. The van der Waals surface area contributed by atoms with Crippen LogP contribution in [0.15, 0.2) is 12.1 Å². The van der Waals surface area contributed by atoms with E-state index in [4.69, 9.17) is 0 Å². The number of piperidine rings is 1. The molecule has 24 heavy (non-hydrogen) atoms. The minimum Gasteiger partial charge on any atom is -0.343 e. The highest BCUT2D eigenvalue weighted by Gasteiger charge is 2.38. The maximum Gasteiger partial charge on any atom is 0.271 e. The second kappa shape index (κ2) is 6.51. The fourth-order valence-electron chi connectivity index (χ4n) is 3.71. The zero-order valence-corrected chi connectivity index (χ0v) is 14.8. The van der Waals surface area contributed by atoms with E-state index < -0.39 is 0 Å². The highest BCUT2D eigenvalue weighted by molar-refractivity contribution is 5.97. The van der Waals surface area contributed by atoms with Crippen LogP contribution in [0.4, 0.5) is 0 Å². The number of pyridine rings is 1. The van der Waals surface area contributed by atoms with Gasteiger partial charge in [0.15, 0.2) is 0 Å². The quantitative estimate of drug-likeness (QED) is 0.888. The summed E-state index contributed by atoms with van der Waals surface area (Å²) in [5.41, 5.74) is 2.00. The van der Waals surface area contributed by atoms with Crippen molar-refractivity contribution < 1.29 is 9.59 Å². The van der Waals surface area contributed by atoms with E-state index in [0.717, 1.165) is 39.0 Å². The first kappa shape index (κ1) is 16.9. The van der Waals surface area contributed by atoms with E-state index >= 15 is 0 Å². The molecule has 0 radical (unpaired) electrons. The van der Waals surface area contributed by atoms with Crippen molar-refractivity contribution in [1.29, 1.82) is 0 Å². The Balaban J connectivity index is 1.70. The number of likely N-dealkylation sites (tertiary alicyclic amines) is 1. The van der Waals surface area contributed by atoms with Gasteiger partial charge in [0.1, 0.15) is 5.69 Å². The molecule has 2 aliphatic heterocycles. The lowest BCUT2D eigenvalue weighted by Gasteiger charge is -2.39. The average Bonchev–Trinajstić information content (AvgIpc) is 3.02. The predicted molar refractivity (Wildman–Crippen MR) is 92.0 cm³/mol. The molecule has 130 valence electrons. The summed E-state index contributed by atoms with van der Waals surface area (Å²) in [7, 11) is 3.39. The Kier molecular flexibility index (Phi) is 4.58. The summed E-state index contributed by atoms with van der Waals surface area (Å²) in [6, 6.07) is 3.39. The standard InChI is InChI=1S/C18H26N4O2/c1-13-14(4-5-15(20-13)17(24)21(2)3)16(23)22-10-7-18(8-11-22)6-9-19-12-18/h4-5,19H,6-12H2,1-3H3. The van der Waals surface area contributed by atoms with Crippen molar-refractivity contribution in [1.82, 2.24) is 20.1 Å². The second-order valence-corrected chi connectivity index (χ2v) is 7.25. The zero-order chi connectivity index (χ0) is 17.3. The van der Waals surface area contributed by atoms with E-state index in [0.29, 0.717) is 22.4 Å². The molecule has 1 N–H and O–H groups in total. The molecule has 0 saturated carbocycles. The lowest BCUT2D eigenvalue weighted by atomic mass is 9.78. The summed E-state index contributed by atoms with van der Waals surface area (Å²) < 4.78 is 0. The summed E-state index contributed by atoms with van der Waals surface area (Å²) in [5, 5.41) is 3.44. The van der Waals surface area contributed by atoms with Crippen LogP contribution in [0, 0.1) is 12.3 Å². The minimum atomic E-state index is -0.147. The number of amides is 2. The van der Waals surface area contributed by atoms with Gasteiger partial charge in [-0.1, -0.05) is 0 Å². The molecule has 3 rings (SSSR count). The first-order chi connectivity index (χ1) is 11.4. The van der Waals surface area contributed by atoms with Crippen molar-refractivity contribution in [3.8, 4) is 0 Å². The van der Waals surface area contributed by atoms with Crippen LogP contribution in [0.1, 0.15) is 45.8 Å². The number of hydrogen-bond acceptors (Lipinski definition) is 4. The number of aryl methyl sites for hydroxylation is 1. The molecule has 2 aliphatic rings. The first-order valence-electron chi connectivity index (χ1n) is 8.61. The fourth-order valence-corrected chi connectivity index (χ4v) is 3.71. The van der Waals surface area contributed by atoms with Gasteiger partial charge in [0.25, 0.3) is 11.8 Å². The summed E-state index contributed by atoms with van der Waals surface area (Å²) >= 11 is 0. The second-order valence-electron chi connectivity index (χ2n) is 7.25. The van der Waals surface area contributed by atoms with Gasteiger partial charge in [0.2, 0.25) is 0 Å². The number of nitrogens with one attached hydrogen (secondary N) is 1. The number of hydrogen-bond donors (Lipinski definition) is 1. The number of carbonyl (C=O) groups excluding carboxylic acids is 2. The molecule has 2 amide bonds. The third-order valence-electron chi connectivity index (χ3n) is 5.38. The Morgan fingerprint density at radius 1 is 1.21 bits per heavy atom. The molecule has 0 bridgehead atoms. The topological polar surface area (TPSA) is 65.5 Å². The largest absolute Gasteiger partial charge is 0.343 e. The van der Waals surface area contributed by atoms with Crippen molar-refractivity contribution >= 4 is 11.8 Å². The first-order valence-corrected chi connectivity index (χ1v) is 8.61. The molecule has 6 heteroatoms. The normalized spacial score (nSPS) is 19.5. The van der Waals surface area contributed by atoms with Crippen LogP contribution < -0.4 is 5.32 Å². The molecule has 2 fully saturated rings. The van der Waals surface area contributed by atoms with Gasteiger partial charge in [-0.2, -0.15) is 0 Å². The van der Waals surface area contributed by atoms with Crippen LogP contribution in [0.2, 0.25) is 0 Å². The fraction of sp³-hybridized carbons (Fsp3) is 0.611. The van der Waals surface area contributed by atoms with Crippen molar-refractivity contribution in [3.63, 3.8) is 0 Å². The summed E-state index contributed by atoms with van der Waals surface area (Å²) in [6.45, 7) is 5.58. The lowest BCUT2D eigenvalue weighted by molar-refractivity contribution is 0.0605. The molecule has 1 spiro atoms. The number of aromatic nitrogens is 1. The molecule has 0 unspecified atom stereocenters. The third kappa shape index (κ3) is 3.15. The predicted octanol–water partition coefficient (Wildman–Crippen LogP) is 1.31. The zero-order valence-electron chi connectivity index (χ0n) is 14.8. The van der Waals surface area contributed by atoms with Crippen molar-refractivity contribution in [3.05, 3.63) is 29.1 Å². The Bertz CT molecular complexity index is 640. The van der Waals surface area contributed by atoms with Gasteiger partial charge in [-0.05, 0) is 50.3 Å². The summed E-state index contributed by atoms with van der Waals surface area (Å²) in [5.74, 6) is -0.115. The van der Waals surface area contributed by atoms with Gasteiger partial charge in [0.05, 0.1) is 11.3 Å². The van der Waals surface area contributed by atoms with E-state index in [1.54, 1.807) is 33.2 Å². The summed E-state index contributed by atoms with van der Waals surface area (Å²) in [4.78, 5) is 32.6. The monoisotopic (exact) mass is 330 g/mol. The molecule has 1 aromatic heterocycles. The van der Waals surface area contributed by atoms with Crippen LogP contribution in [-0.2, 0) is 0 Å². The van der Waals surface area contributed by atoms with Crippen LogP contribution in [0.5, 0.6) is 0 Å². The SMILES string of the molecule is Cc1nc(C(=O)N(C)C)ccc1C(=O)N1CCC2(CCNC2)CC1. The molecule has 0 aromatic carbocycles. The molecule has 6 nitrogen and oxygen atoms in total. The average molecular weight is 330 g/mol. The molecular formula is C18H26N4O2. The highest BCUT2D eigenvalue weighted by Crippen LogP contribution is 2.37. The minimum absolute atomic E-state index is 0.0321. The van der Waals surface area contributed by atoms with Gasteiger partial charge in [-0.25, -0.2) is 4.98 Å². The van der Waals surface area contributed by atoms with Gasteiger partial charge in [-0.3, -0.25) is 9.59 Å². The maximum atomic E-state index is 12.8. The molecule has 0 aliphatic carbocycles.